The lowest BCUT2D eigenvalue weighted by atomic mass is 9.84. The molecule has 19 heavy (non-hydrogen) atoms. The molecule has 3 heteroatoms. The minimum atomic E-state index is -0.553. The molecular formula is C16H24N2O. The van der Waals surface area contributed by atoms with Gasteiger partial charge in [-0.1, -0.05) is 56.5 Å². The zero-order valence-electron chi connectivity index (χ0n) is 11.6. The number of carbonyl (C=O) groups excluding carboxylic acids is 1. The first-order valence-electron chi connectivity index (χ1n) is 7.31. The van der Waals surface area contributed by atoms with E-state index in [0.29, 0.717) is 6.04 Å². The van der Waals surface area contributed by atoms with Crippen LogP contribution in [0.1, 0.15) is 50.6 Å². The fraction of sp³-hybridized carbons (Fsp3) is 0.562. The molecule has 0 aliphatic heterocycles. The average Bonchev–Trinajstić information content (AvgIpc) is 2.47. The van der Waals surface area contributed by atoms with Crippen molar-refractivity contribution in [1.29, 1.82) is 0 Å². The summed E-state index contributed by atoms with van der Waals surface area (Å²) < 4.78 is 0. The predicted molar refractivity (Wildman–Crippen MR) is 77.6 cm³/mol. The number of hydrogen-bond acceptors (Lipinski definition) is 2. The Kier molecular flexibility index (Phi) is 4.97. The monoisotopic (exact) mass is 260 g/mol. The average molecular weight is 260 g/mol. The molecule has 2 rings (SSSR count). The highest BCUT2D eigenvalue weighted by atomic mass is 16.2. The van der Waals surface area contributed by atoms with Crippen LogP contribution in [-0.4, -0.2) is 11.9 Å². The molecule has 3 N–H and O–H groups in total. The Morgan fingerprint density at radius 3 is 2.79 bits per heavy atom. The molecule has 104 valence electrons. The van der Waals surface area contributed by atoms with Crippen LogP contribution in [0.5, 0.6) is 0 Å². The van der Waals surface area contributed by atoms with Crippen molar-refractivity contribution in [3.8, 4) is 0 Å². The molecule has 0 aromatic heterocycles. The quantitative estimate of drug-likeness (QED) is 0.874. The van der Waals surface area contributed by atoms with Gasteiger partial charge in [0, 0.05) is 6.04 Å². The van der Waals surface area contributed by atoms with E-state index in [1.807, 2.05) is 30.3 Å². The van der Waals surface area contributed by atoms with E-state index in [1.165, 1.54) is 19.3 Å². The summed E-state index contributed by atoms with van der Waals surface area (Å²) in [5, 5.41) is 3.12. The van der Waals surface area contributed by atoms with Crippen LogP contribution in [0.25, 0.3) is 0 Å². The maximum absolute atomic E-state index is 12.2. The zero-order valence-corrected chi connectivity index (χ0v) is 11.6. The van der Waals surface area contributed by atoms with Gasteiger partial charge in [-0.25, -0.2) is 0 Å². The lowest BCUT2D eigenvalue weighted by Gasteiger charge is -2.30. The highest BCUT2D eigenvalue weighted by molar-refractivity contribution is 5.83. The lowest BCUT2D eigenvalue weighted by Crippen LogP contribution is -2.42. The van der Waals surface area contributed by atoms with Crippen LogP contribution < -0.4 is 11.1 Å². The Morgan fingerprint density at radius 2 is 2.11 bits per heavy atom. The maximum atomic E-state index is 12.2. The molecule has 1 aliphatic carbocycles. The van der Waals surface area contributed by atoms with E-state index < -0.39 is 6.04 Å². The second kappa shape index (κ2) is 6.71. The first-order chi connectivity index (χ1) is 9.20. The standard InChI is InChI=1S/C16H24N2O/c1-2-12-7-6-10-14(11-12)18-16(19)15(17)13-8-4-3-5-9-13/h3-5,8-9,12,14-15H,2,6-7,10-11,17H2,1H3,(H,18,19). The number of nitrogens with one attached hydrogen (secondary N) is 1. The summed E-state index contributed by atoms with van der Waals surface area (Å²) in [6.07, 6.45) is 5.91. The van der Waals surface area contributed by atoms with Crippen LogP contribution in [0.15, 0.2) is 30.3 Å². The van der Waals surface area contributed by atoms with Crippen molar-refractivity contribution in [3.05, 3.63) is 35.9 Å². The molecule has 0 radical (unpaired) electrons. The van der Waals surface area contributed by atoms with Crippen LogP contribution in [0, 0.1) is 5.92 Å². The number of hydrogen-bond donors (Lipinski definition) is 2. The molecule has 1 amide bonds. The van der Waals surface area contributed by atoms with Gasteiger partial charge < -0.3 is 11.1 Å². The van der Waals surface area contributed by atoms with Crippen molar-refractivity contribution in [1.82, 2.24) is 5.32 Å². The van der Waals surface area contributed by atoms with Gasteiger partial charge in [-0.05, 0) is 24.3 Å². The Balaban J connectivity index is 1.90. The molecule has 1 saturated carbocycles. The summed E-state index contributed by atoms with van der Waals surface area (Å²) in [6.45, 7) is 2.23. The molecular weight excluding hydrogens is 236 g/mol. The van der Waals surface area contributed by atoms with Gasteiger partial charge in [-0.15, -0.1) is 0 Å². The highest BCUT2D eigenvalue weighted by Crippen LogP contribution is 2.26. The fourth-order valence-corrected chi connectivity index (χ4v) is 2.90. The Labute approximate surface area is 115 Å². The lowest BCUT2D eigenvalue weighted by molar-refractivity contribution is -0.123. The molecule has 1 aromatic rings. The minimum absolute atomic E-state index is 0.0482. The molecule has 3 unspecified atom stereocenters. The summed E-state index contributed by atoms with van der Waals surface area (Å²) in [5.74, 6) is 0.708. The number of rotatable bonds is 4. The third kappa shape index (κ3) is 3.80. The van der Waals surface area contributed by atoms with Crippen molar-refractivity contribution in [2.45, 2.75) is 51.1 Å². The van der Waals surface area contributed by atoms with Crippen molar-refractivity contribution in [2.24, 2.45) is 11.7 Å². The van der Waals surface area contributed by atoms with Crippen LogP contribution in [0.2, 0.25) is 0 Å². The molecule has 3 atom stereocenters. The van der Waals surface area contributed by atoms with Crippen LogP contribution >= 0.6 is 0 Å². The van der Waals surface area contributed by atoms with Gasteiger partial charge in [0.05, 0.1) is 0 Å². The zero-order chi connectivity index (χ0) is 13.7. The van der Waals surface area contributed by atoms with E-state index in [4.69, 9.17) is 5.73 Å². The van der Waals surface area contributed by atoms with Gasteiger partial charge in [-0.3, -0.25) is 4.79 Å². The number of amides is 1. The van der Waals surface area contributed by atoms with Crippen molar-refractivity contribution in [2.75, 3.05) is 0 Å². The normalized spacial score (nSPS) is 24.7. The highest BCUT2D eigenvalue weighted by Gasteiger charge is 2.24. The largest absolute Gasteiger partial charge is 0.352 e. The van der Waals surface area contributed by atoms with Crippen LogP contribution in [0.3, 0.4) is 0 Å². The molecule has 0 spiro atoms. The van der Waals surface area contributed by atoms with Gasteiger partial charge in [-0.2, -0.15) is 0 Å². The second-order valence-corrected chi connectivity index (χ2v) is 5.53. The van der Waals surface area contributed by atoms with E-state index in [1.54, 1.807) is 0 Å². The van der Waals surface area contributed by atoms with Crippen LogP contribution in [0.4, 0.5) is 0 Å². The fourth-order valence-electron chi connectivity index (χ4n) is 2.90. The summed E-state index contributed by atoms with van der Waals surface area (Å²) in [5.41, 5.74) is 6.89. The maximum Gasteiger partial charge on any atom is 0.241 e. The van der Waals surface area contributed by atoms with Crippen molar-refractivity contribution < 1.29 is 4.79 Å². The first kappa shape index (κ1) is 14.1. The van der Waals surface area contributed by atoms with Crippen molar-refractivity contribution in [3.63, 3.8) is 0 Å². The third-order valence-electron chi connectivity index (χ3n) is 4.15. The summed E-state index contributed by atoms with van der Waals surface area (Å²) >= 11 is 0. The Morgan fingerprint density at radius 1 is 1.37 bits per heavy atom. The summed E-state index contributed by atoms with van der Waals surface area (Å²) in [4.78, 5) is 12.2. The first-order valence-corrected chi connectivity index (χ1v) is 7.31. The van der Waals surface area contributed by atoms with Crippen molar-refractivity contribution >= 4 is 5.91 Å². The van der Waals surface area contributed by atoms with E-state index in [2.05, 4.69) is 12.2 Å². The number of nitrogens with two attached hydrogens (primary N) is 1. The van der Waals surface area contributed by atoms with E-state index in [9.17, 15) is 4.79 Å². The molecule has 3 nitrogen and oxygen atoms in total. The Hall–Kier alpha value is -1.35. The van der Waals surface area contributed by atoms with Gasteiger partial charge in [0.2, 0.25) is 5.91 Å². The van der Waals surface area contributed by atoms with Gasteiger partial charge in [0.15, 0.2) is 0 Å². The molecule has 0 heterocycles. The summed E-state index contributed by atoms with van der Waals surface area (Å²) in [7, 11) is 0. The topological polar surface area (TPSA) is 55.1 Å². The van der Waals surface area contributed by atoms with E-state index in [0.717, 1.165) is 24.3 Å². The smallest absolute Gasteiger partial charge is 0.241 e. The molecule has 0 bridgehead atoms. The number of carbonyl (C=O) groups is 1. The van der Waals surface area contributed by atoms with E-state index in [-0.39, 0.29) is 5.91 Å². The SMILES string of the molecule is CCC1CCCC(NC(=O)C(N)c2ccccc2)C1. The predicted octanol–water partition coefficient (Wildman–Crippen LogP) is 2.77. The number of benzene rings is 1. The molecule has 0 saturated heterocycles. The summed E-state index contributed by atoms with van der Waals surface area (Å²) in [6, 6.07) is 9.32. The van der Waals surface area contributed by atoms with Gasteiger partial charge in [0.1, 0.15) is 6.04 Å². The van der Waals surface area contributed by atoms with Gasteiger partial charge in [0.25, 0.3) is 0 Å². The van der Waals surface area contributed by atoms with E-state index >= 15 is 0 Å². The molecule has 1 aliphatic rings. The Bertz CT molecular complexity index is 404. The molecule has 1 fully saturated rings. The second-order valence-electron chi connectivity index (χ2n) is 5.53. The third-order valence-corrected chi connectivity index (χ3v) is 4.15. The minimum Gasteiger partial charge on any atom is -0.352 e. The van der Waals surface area contributed by atoms with Gasteiger partial charge >= 0.3 is 0 Å². The molecule has 1 aromatic carbocycles. The van der Waals surface area contributed by atoms with Crippen LogP contribution in [-0.2, 0) is 4.79 Å².